The number of hydrogen-bond acceptors (Lipinski definition) is 4. The van der Waals surface area contributed by atoms with Gasteiger partial charge in [0.05, 0.1) is 23.2 Å². The predicted octanol–water partition coefficient (Wildman–Crippen LogP) is 4.10. The van der Waals surface area contributed by atoms with E-state index in [9.17, 15) is 18.3 Å². The van der Waals surface area contributed by atoms with Gasteiger partial charge >= 0.3 is 0 Å². The molecule has 0 saturated carbocycles. The van der Waals surface area contributed by atoms with Gasteiger partial charge in [0.1, 0.15) is 5.82 Å². The molecular weight excluding hydrogens is 481 g/mol. The number of H-pyrrole nitrogens is 1. The average molecular weight is 514 g/mol. The molecule has 0 spiro atoms. The summed E-state index contributed by atoms with van der Waals surface area (Å²) >= 11 is 0. The van der Waals surface area contributed by atoms with E-state index in [0.717, 1.165) is 27.4 Å². The summed E-state index contributed by atoms with van der Waals surface area (Å²) in [4.78, 5) is 15.2. The Morgan fingerprint density at radius 1 is 1.39 bits per heavy atom. The van der Waals surface area contributed by atoms with Crippen molar-refractivity contribution < 1.29 is 22.7 Å². The molecule has 7 nitrogen and oxygen atoms in total. The van der Waals surface area contributed by atoms with Crippen LogP contribution in [0.2, 0.25) is 0 Å². The van der Waals surface area contributed by atoms with E-state index < -0.39 is 27.3 Å². The quantitative estimate of drug-likeness (QED) is 0.441. The first-order chi connectivity index (χ1) is 16.8. The SMILES string of the molecule is C=CS(=O)(=O)N(C)c1cccc(-c2c(F)cc(CC(N)=O)c3[nH]c4c(c23)CC[C@@H](C(C)(C)O)C4)c1C. The van der Waals surface area contributed by atoms with Crippen molar-refractivity contribution in [3.8, 4) is 11.1 Å². The van der Waals surface area contributed by atoms with Crippen LogP contribution in [0.3, 0.4) is 0 Å². The molecule has 192 valence electrons. The van der Waals surface area contributed by atoms with Gasteiger partial charge in [0.25, 0.3) is 10.0 Å². The Morgan fingerprint density at radius 3 is 2.69 bits per heavy atom. The van der Waals surface area contributed by atoms with Crippen LogP contribution >= 0.6 is 0 Å². The monoisotopic (exact) mass is 513 g/mol. The number of primary amides is 1. The number of aromatic amines is 1. The van der Waals surface area contributed by atoms with Crippen LogP contribution in [0.25, 0.3) is 22.0 Å². The second-order valence-corrected chi connectivity index (χ2v) is 12.0. The Balaban J connectivity index is 2.01. The Bertz CT molecular complexity index is 1490. The maximum absolute atomic E-state index is 15.9. The zero-order chi connectivity index (χ0) is 26.6. The third-order valence-electron chi connectivity index (χ3n) is 7.37. The molecule has 1 heterocycles. The lowest BCUT2D eigenvalue weighted by Gasteiger charge is -2.32. The minimum atomic E-state index is -3.75. The van der Waals surface area contributed by atoms with E-state index in [1.165, 1.54) is 13.1 Å². The maximum Gasteiger partial charge on any atom is 0.256 e. The van der Waals surface area contributed by atoms with Crippen molar-refractivity contribution in [3.63, 3.8) is 0 Å². The lowest BCUT2D eigenvalue weighted by Crippen LogP contribution is -2.34. The summed E-state index contributed by atoms with van der Waals surface area (Å²) in [5.74, 6) is -1.06. The van der Waals surface area contributed by atoms with Crippen LogP contribution in [0.5, 0.6) is 0 Å². The number of anilines is 1. The number of fused-ring (bicyclic) bond motifs is 3. The van der Waals surface area contributed by atoms with Crippen molar-refractivity contribution in [2.24, 2.45) is 11.7 Å². The molecule has 0 bridgehead atoms. The first-order valence-electron chi connectivity index (χ1n) is 11.8. The second-order valence-electron chi connectivity index (χ2n) is 10.1. The summed E-state index contributed by atoms with van der Waals surface area (Å²) in [5.41, 5.74) is 9.46. The smallest absolute Gasteiger partial charge is 0.256 e. The molecule has 0 fully saturated rings. The lowest BCUT2D eigenvalue weighted by molar-refractivity contribution is -0.117. The zero-order valence-corrected chi connectivity index (χ0v) is 21.8. The second kappa shape index (κ2) is 9.05. The van der Waals surface area contributed by atoms with Gasteiger partial charge in [-0.05, 0) is 80.3 Å². The van der Waals surface area contributed by atoms with E-state index in [1.807, 2.05) is 0 Å². The topological polar surface area (TPSA) is 116 Å². The summed E-state index contributed by atoms with van der Waals surface area (Å²) in [5, 5.41) is 12.1. The molecule has 1 atom stereocenters. The van der Waals surface area contributed by atoms with Crippen LogP contribution in [0.1, 0.15) is 42.7 Å². The minimum Gasteiger partial charge on any atom is -0.390 e. The van der Waals surface area contributed by atoms with E-state index in [0.29, 0.717) is 51.7 Å². The standard InChI is InChI=1S/C27H32FN3O4S/c1-6-36(34,35)31(5)22-9-7-8-18(15(22)2)24-20(28)12-16(13-23(29)32)26-25(24)19-11-10-17(27(3,4)33)14-21(19)30-26/h6-9,12,17,30,33H,1,10-11,13-14H2,2-5H3,(H2,29,32)/t17-/m1/s1. The summed E-state index contributed by atoms with van der Waals surface area (Å²) in [6.07, 6.45) is 1.81. The zero-order valence-electron chi connectivity index (χ0n) is 21.0. The lowest BCUT2D eigenvalue weighted by atomic mass is 9.77. The van der Waals surface area contributed by atoms with Crippen LogP contribution < -0.4 is 10.0 Å². The molecule has 0 aliphatic heterocycles. The van der Waals surface area contributed by atoms with Crippen LogP contribution in [0, 0.1) is 18.7 Å². The van der Waals surface area contributed by atoms with E-state index in [2.05, 4.69) is 11.6 Å². The molecular formula is C27H32FN3O4S. The number of benzene rings is 2. The number of nitrogens with two attached hydrogens (primary N) is 1. The van der Waals surface area contributed by atoms with Gasteiger partial charge in [-0.2, -0.15) is 0 Å². The van der Waals surface area contributed by atoms with Crippen LogP contribution in [-0.2, 0) is 34.1 Å². The number of aromatic nitrogens is 1. The number of amides is 1. The largest absolute Gasteiger partial charge is 0.390 e. The van der Waals surface area contributed by atoms with E-state index >= 15 is 4.39 Å². The number of nitrogens with zero attached hydrogens (tertiary/aromatic N) is 1. The fourth-order valence-electron chi connectivity index (χ4n) is 5.32. The van der Waals surface area contributed by atoms with Crippen molar-refractivity contribution in [2.75, 3.05) is 11.4 Å². The fraction of sp³-hybridized carbons (Fsp3) is 0.370. The van der Waals surface area contributed by atoms with Gasteiger partial charge in [0.2, 0.25) is 5.91 Å². The number of halogens is 1. The van der Waals surface area contributed by atoms with Gasteiger partial charge in [-0.1, -0.05) is 18.7 Å². The number of hydrogen-bond donors (Lipinski definition) is 3. The molecule has 3 aromatic rings. The molecule has 4 N–H and O–H groups in total. The third-order valence-corrected chi connectivity index (χ3v) is 8.75. The highest BCUT2D eigenvalue weighted by Gasteiger charge is 2.34. The molecule has 9 heteroatoms. The Morgan fingerprint density at radius 2 is 2.08 bits per heavy atom. The highest BCUT2D eigenvalue weighted by molar-refractivity contribution is 7.95. The Hall–Kier alpha value is -3.17. The third kappa shape index (κ3) is 4.41. The number of aliphatic hydroxyl groups is 1. The van der Waals surface area contributed by atoms with Crippen molar-refractivity contribution in [1.29, 1.82) is 0 Å². The molecule has 0 unspecified atom stereocenters. The van der Waals surface area contributed by atoms with E-state index in [-0.39, 0.29) is 12.3 Å². The number of aryl methyl sites for hydroxylation is 1. The maximum atomic E-state index is 15.9. The van der Waals surface area contributed by atoms with Gasteiger partial charge in [-0.3, -0.25) is 9.10 Å². The summed E-state index contributed by atoms with van der Waals surface area (Å²) in [7, 11) is -2.32. The molecule has 1 amide bonds. The number of rotatable bonds is 7. The van der Waals surface area contributed by atoms with Gasteiger partial charge in [0, 0.05) is 29.1 Å². The van der Waals surface area contributed by atoms with Crippen molar-refractivity contribution in [1.82, 2.24) is 4.98 Å². The highest BCUT2D eigenvalue weighted by Crippen LogP contribution is 2.44. The fourth-order valence-corrected chi connectivity index (χ4v) is 6.01. The summed E-state index contributed by atoms with van der Waals surface area (Å²) in [6.45, 7) is 8.73. The highest BCUT2D eigenvalue weighted by atomic mass is 32.2. The minimum absolute atomic E-state index is 0.0220. The summed E-state index contributed by atoms with van der Waals surface area (Å²) in [6, 6.07) is 6.45. The first-order valence-corrected chi connectivity index (χ1v) is 13.3. The van der Waals surface area contributed by atoms with Crippen LogP contribution in [-0.4, -0.2) is 37.1 Å². The molecule has 1 aromatic heterocycles. The van der Waals surface area contributed by atoms with Crippen LogP contribution in [0.15, 0.2) is 36.3 Å². The normalized spacial score (nSPS) is 16.1. The van der Waals surface area contributed by atoms with E-state index in [4.69, 9.17) is 5.73 Å². The number of carbonyl (C=O) groups is 1. The van der Waals surface area contributed by atoms with Gasteiger partial charge in [-0.15, -0.1) is 0 Å². The van der Waals surface area contributed by atoms with Gasteiger partial charge in [-0.25, -0.2) is 12.8 Å². The Kier molecular flexibility index (Phi) is 6.51. The van der Waals surface area contributed by atoms with E-state index in [1.54, 1.807) is 39.0 Å². The number of sulfonamides is 1. The molecule has 4 rings (SSSR count). The molecule has 1 aliphatic rings. The molecule has 36 heavy (non-hydrogen) atoms. The number of nitrogens with one attached hydrogen (secondary N) is 1. The molecule has 0 saturated heterocycles. The van der Waals surface area contributed by atoms with Crippen molar-refractivity contribution in [2.45, 2.75) is 52.1 Å². The summed E-state index contributed by atoms with van der Waals surface area (Å²) < 4.78 is 41.9. The van der Waals surface area contributed by atoms with Crippen molar-refractivity contribution >= 4 is 32.5 Å². The predicted molar refractivity (Wildman–Crippen MR) is 141 cm³/mol. The first kappa shape index (κ1) is 25.9. The van der Waals surface area contributed by atoms with Crippen LogP contribution in [0.4, 0.5) is 10.1 Å². The van der Waals surface area contributed by atoms with Gasteiger partial charge < -0.3 is 15.8 Å². The molecule has 0 radical (unpaired) electrons. The Labute approximate surface area is 210 Å². The van der Waals surface area contributed by atoms with Gasteiger partial charge in [0.15, 0.2) is 0 Å². The van der Waals surface area contributed by atoms with Crippen molar-refractivity contribution in [3.05, 3.63) is 64.5 Å². The average Bonchev–Trinajstić information content (AvgIpc) is 3.17. The molecule has 2 aromatic carbocycles. The molecule has 1 aliphatic carbocycles. The number of carbonyl (C=O) groups excluding carboxylic acids is 1.